The molecule has 0 bridgehead atoms. The van der Waals surface area contributed by atoms with Crippen molar-refractivity contribution < 1.29 is 9.90 Å². The van der Waals surface area contributed by atoms with Gasteiger partial charge in [-0.15, -0.1) is 0 Å². The predicted octanol–water partition coefficient (Wildman–Crippen LogP) is 3.87. The Balaban J connectivity index is 2.17. The fourth-order valence-corrected chi connectivity index (χ4v) is 2.88. The monoisotopic (exact) mass is 303 g/mol. The van der Waals surface area contributed by atoms with Crippen LogP contribution in [0.5, 0.6) is 0 Å². The van der Waals surface area contributed by atoms with Gasteiger partial charge in [0, 0.05) is 12.3 Å². The maximum absolute atomic E-state index is 11.0. The maximum Gasteiger partial charge on any atom is 0.328 e. The quantitative estimate of drug-likeness (QED) is 0.872. The number of nitrogens with zero attached hydrogens (tertiary/aromatic N) is 1. The van der Waals surface area contributed by atoms with Gasteiger partial charge < -0.3 is 5.11 Å². The number of rotatable bonds is 4. The highest BCUT2D eigenvalue weighted by Gasteiger charge is 2.30. The normalized spacial score (nSPS) is 20.0. The summed E-state index contributed by atoms with van der Waals surface area (Å²) in [5.74, 6) is -0.954. The molecule has 0 saturated carbocycles. The van der Waals surface area contributed by atoms with Gasteiger partial charge in [0.25, 0.3) is 0 Å². The van der Waals surface area contributed by atoms with E-state index in [2.05, 4.69) is 23.2 Å². The van der Waals surface area contributed by atoms with E-state index in [1.54, 1.807) is 12.3 Å². The Labute approximate surface area is 135 Å². The van der Waals surface area contributed by atoms with Gasteiger partial charge in [-0.1, -0.05) is 66.7 Å². The second-order valence-electron chi connectivity index (χ2n) is 5.47. The van der Waals surface area contributed by atoms with Crippen molar-refractivity contribution in [2.75, 3.05) is 6.54 Å². The van der Waals surface area contributed by atoms with Crippen molar-refractivity contribution in [2.24, 2.45) is 4.99 Å². The van der Waals surface area contributed by atoms with Gasteiger partial charge in [-0.2, -0.15) is 0 Å². The molecule has 0 aliphatic carbocycles. The molecule has 0 radical (unpaired) electrons. The summed E-state index contributed by atoms with van der Waals surface area (Å²) in [7, 11) is 0. The van der Waals surface area contributed by atoms with E-state index in [0.29, 0.717) is 6.54 Å². The van der Waals surface area contributed by atoms with Crippen molar-refractivity contribution in [1.82, 2.24) is 0 Å². The van der Waals surface area contributed by atoms with Gasteiger partial charge in [0.15, 0.2) is 0 Å². The molecule has 23 heavy (non-hydrogen) atoms. The average Bonchev–Trinajstić information content (AvgIpc) is 2.61. The third-order valence-corrected chi connectivity index (χ3v) is 3.97. The third-order valence-electron chi connectivity index (χ3n) is 3.97. The topological polar surface area (TPSA) is 49.7 Å². The fraction of sp³-hybridized carbons (Fsp3) is 0.100. The number of aliphatic imine (C=N–C) groups is 1. The summed E-state index contributed by atoms with van der Waals surface area (Å²) in [5, 5.41) is 9.04. The molecule has 3 rings (SSSR count). The van der Waals surface area contributed by atoms with Gasteiger partial charge in [0.2, 0.25) is 0 Å². The van der Waals surface area contributed by atoms with Gasteiger partial charge in [0.05, 0.1) is 12.0 Å². The van der Waals surface area contributed by atoms with Crippen molar-refractivity contribution >= 4 is 12.2 Å². The molecule has 0 aromatic heterocycles. The van der Waals surface area contributed by atoms with Crippen LogP contribution in [-0.4, -0.2) is 23.8 Å². The second kappa shape index (κ2) is 6.44. The van der Waals surface area contributed by atoms with Crippen molar-refractivity contribution in [3.8, 4) is 11.1 Å². The highest BCUT2D eigenvalue weighted by molar-refractivity contribution is 5.81. The van der Waals surface area contributed by atoms with Crippen LogP contribution in [0.15, 0.2) is 83.9 Å². The van der Waals surface area contributed by atoms with Crippen molar-refractivity contribution in [2.45, 2.75) is 5.41 Å². The average molecular weight is 303 g/mol. The molecule has 3 heteroatoms. The zero-order chi connectivity index (χ0) is 16.1. The molecule has 2 aromatic rings. The van der Waals surface area contributed by atoms with E-state index in [1.165, 1.54) is 6.08 Å². The first-order chi connectivity index (χ1) is 11.2. The van der Waals surface area contributed by atoms with Crippen LogP contribution in [0.2, 0.25) is 0 Å². The number of carboxylic acid groups (broad SMARTS) is 1. The summed E-state index contributed by atoms with van der Waals surface area (Å²) in [4.78, 5) is 15.4. The molecule has 1 atom stereocenters. The minimum Gasteiger partial charge on any atom is -0.478 e. The summed E-state index contributed by atoms with van der Waals surface area (Å²) in [6, 6.07) is 18.2. The Kier molecular flexibility index (Phi) is 4.20. The molecular formula is C20H17NO2. The van der Waals surface area contributed by atoms with Crippen LogP contribution in [-0.2, 0) is 10.2 Å². The van der Waals surface area contributed by atoms with Gasteiger partial charge >= 0.3 is 5.97 Å². The van der Waals surface area contributed by atoms with Crippen LogP contribution in [0.25, 0.3) is 11.1 Å². The van der Waals surface area contributed by atoms with Gasteiger partial charge in [-0.25, -0.2) is 4.79 Å². The van der Waals surface area contributed by atoms with Gasteiger partial charge in [-0.3, -0.25) is 4.99 Å². The lowest BCUT2D eigenvalue weighted by Gasteiger charge is -2.30. The van der Waals surface area contributed by atoms with Crippen molar-refractivity contribution in [3.63, 3.8) is 0 Å². The Morgan fingerprint density at radius 3 is 2.52 bits per heavy atom. The zero-order valence-electron chi connectivity index (χ0n) is 12.6. The Morgan fingerprint density at radius 1 is 1.09 bits per heavy atom. The molecule has 1 N–H and O–H groups in total. The molecular weight excluding hydrogens is 286 g/mol. The van der Waals surface area contributed by atoms with Crippen LogP contribution >= 0.6 is 0 Å². The SMILES string of the molecule is O=C(O)/C=C/C1(c2ccccc2-c2ccccc2)C=CC=NC1. The number of carbonyl (C=O) groups is 1. The summed E-state index contributed by atoms with van der Waals surface area (Å²) >= 11 is 0. The first-order valence-corrected chi connectivity index (χ1v) is 7.46. The van der Waals surface area contributed by atoms with Gasteiger partial charge in [-0.05, 0) is 22.8 Å². The largest absolute Gasteiger partial charge is 0.478 e. The van der Waals surface area contributed by atoms with E-state index in [1.807, 2.05) is 48.6 Å². The third kappa shape index (κ3) is 3.14. The molecule has 1 aliphatic heterocycles. The molecule has 2 aromatic carbocycles. The highest BCUT2D eigenvalue weighted by Crippen LogP contribution is 2.37. The molecule has 0 spiro atoms. The number of benzene rings is 2. The minimum atomic E-state index is -0.954. The van der Waals surface area contributed by atoms with E-state index >= 15 is 0 Å². The van der Waals surface area contributed by atoms with Crippen LogP contribution in [0.3, 0.4) is 0 Å². The minimum absolute atomic E-state index is 0.497. The van der Waals surface area contributed by atoms with Crippen LogP contribution in [0.4, 0.5) is 0 Å². The summed E-state index contributed by atoms with van der Waals surface area (Å²) in [6.45, 7) is 0.497. The van der Waals surface area contributed by atoms with Crippen LogP contribution in [0, 0.1) is 0 Å². The lowest BCUT2D eigenvalue weighted by atomic mass is 9.75. The summed E-state index contributed by atoms with van der Waals surface area (Å²) in [6.07, 6.45) is 8.56. The molecule has 0 amide bonds. The molecule has 1 heterocycles. The summed E-state index contributed by atoms with van der Waals surface area (Å²) < 4.78 is 0. The Hall–Kier alpha value is -2.94. The fourth-order valence-electron chi connectivity index (χ4n) is 2.88. The highest BCUT2D eigenvalue weighted by atomic mass is 16.4. The van der Waals surface area contributed by atoms with Crippen LogP contribution in [0.1, 0.15) is 5.56 Å². The molecule has 1 unspecified atom stereocenters. The van der Waals surface area contributed by atoms with E-state index in [9.17, 15) is 4.79 Å². The number of dihydropyridines is 1. The second-order valence-corrected chi connectivity index (χ2v) is 5.47. The van der Waals surface area contributed by atoms with E-state index < -0.39 is 11.4 Å². The molecule has 114 valence electrons. The van der Waals surface area contributed by atoms with Crippen molar-refractivity contribution in [1.29, 1.82) is 0 Å². The number of aliphatic carboxylic acids is 1. The first kappa shape index (κ1) is 15.0. The van der Waals surface area contributed by atoms with E-state index in [4.69, 9.17) is 5.11 Å². The first-order valence-electron chi connectivity index (χ1n) is 7.46. The predicted molar refractivity (Wildman–Crippen MR) is 92.8 cm³/mol. The van der Waals surface area contributed by atoms with E-state index in [0.717, 1.165) is 16.7 Å². The Bertz CT molecular complexity index is 790. The molecule has 0 fully saturated rings. The number of allylic oxidation sites excluding steroid dienone is 1. The number of carboxylic acids is 1. The number of hydrogen-bond donors (Lipinski definition) is 1. The zero-order valence-corrected chi connectivity index (χ0v) is 12.6. The summed E-state index contributed by atoms with van der Waals surface area (Å²) in [5.41, 5.74) is 2.70. The molecule has 1 aliphatic rings. The van der Waals surface area contributed by atoms with Gasteiger partial charge in [0.1, 0.15) is 0 Å². The maximum atomic E-state index is 11.0. The standard InChI is InChI=1S/C20H17NO2/c22-19(23)11-13-20(12-6-14-21-15-20)18-10-5-4-9-17(18)16-7-2-1-3-8-16/h1-14H,15H2,(H,22,23)/b13-11+. The Morgan fingerprint density at radius 2 is 1.83 bits per heavy atom. The number of hydrogen-bond acceptors (Lipinski definition) is 2. The molecule has 3 nitrogen and oxygen atoms in total. The van der Waals surface area contributed by atoms with E-state index in [-0.39, 0.29) is 0 Å². The lowest BCUT2D eigenvalue weighted by Crippen LogP contribution is -2.28. The van der Waals surface area contributed by atoms with Crippen molar-refractivity contribution in [3.05, 3.63) is 84.5 Å². The molecule has 0 saturated heterocycles. The van der Waals surface area contributed by atoms with Crippen LogP contribution < -0.4 is 0 Å². The lowest BCUT2D eigenvalue weighted by molar-refractivity contribution is -0.131. The smallest absolute Gasteiger partial charge is 0.328 e.